The van der Waals surface area contributed by atoms with Gasteiger partial charge >= 0.3 is 0 Å². The van der Waals surface area contributed by atoms with Crippen LogP contribution in [0.4, 0.5) is 10.1 Å². The molecular weight excluding hydrogens is 285 g/mol. The van der Waals surface area contributed by atoms with Crippen LogP contribution in [0.15, 0.2) is 47.4 Å². The highest BCUT2D eigenvalue weighted by molar-refractivity contribution is 5.94. The number of H-pyrrole nitrogens is 1. The molecule has 1 aliphatic heterocycles. The summed E-state index contributed by atoms with van der Waals surface area (Å²) in [5, 5.41) is 0. The van der Waals surface area contributed by atoms with E-state index in [9.17, 15) is 14.0 Å². The first-order chi connectivity index (χ1) is 10.6. The van der Waals surface area contributed by atoms with Gasteiger partial charge in [-0.05, 0) is 18.2 Å². The van der Waals surface area contributed by atoms with Gasteiger partial charge in [0.25, 0.3) is 5.91 Å². The molecule has 6 heteroatoms. The maximum Gasteiger partial charge on any atom is 0.254 e. The first kappa shape index (κ1) is 14.3. The fraction of sp³-hybridized carbons (Fsp3) is 0.250. The Morgan fingerprint density at radius 3 is 2.50 bits per heavy atom. The van der Waals surface area contributed by atoms with E-state index in [4.69, 9.17) is 0 Å². The molecule has 5 nitrogen and oxygen atoms in total. The predicted octanol–water partition coefficient (Wildman–Crippen LogP) is 1.48. The molecule has 1 saturated heterocycles. The Kier molecular flexibility index (Phi) is 3.91. The second kappa shape index (κ2) is 6.01. The molecule has 2 heterocycles. The number of pyridine rings is 1. The molecule has 1 aromatic heterocycles. The number of aromatic nitrogens is 1. The number of hydrogen-bond acceptors (Lipinski definition) is 3. The summed E-state index contributed by atoms with van der Waals surface area (Å²) in [5.74, 6) is -0.420. The lowest BCUT2D eigenvalue weighted by molar-refractivity contribution is 0.0746. The first-order valence-electron chi connectivity index (χ1n) is 7.12. The molecule has 1 N–H and O–H groups in total. The highest BCUT2D eigenvalue weighted by atomic mass is 19.1. The van der Waals surface area contributed by atoms with E-state index < -0.39 is 0 Å². The number of carbonyl (C=O) groups excluding carboxylic acids is 1. The van der Waals surface area contributed by atoms with Crippen molar-refractivity contribution in [2.45, 2.75) is 0 Å². The van der Waals surface area contributed by atoms with Crippen molar-refractivity contribution < 1.29 is 9.18 Å². The SMILES string of the molecule is O=C(c1cc[nH]c(=O)c1)N1CCN(c2ccccc2F)CC1. The second-order valence-corrected chi connectivity index (χ2v) is 5.17. The Morgan fingerprint density at radius 1 is 1.09 bits per heavy atom. The van der Waals surface area contributed by atoms with E-state index in [-0.39, 0.29) is 17.3 Å². The summed E-state index contributed by atoms with van der Waals surface area (Å²) >= 11 is 0. The first-order valence-corrected chi connectivity index (χ1v) is 7.12. The third kappa shape index (κ3) is 2.86. The van der Waals surface area contributed by atoms with Gasteiger partial charge in [-0.25, -0.2) is 4.39 Å². The number of rotatable bonds is 2. The number of carbonyl (C=O) groups is 1. The van der Waals surface area contributed by atoms with Gasteiger partial charge < -0.3 is 14.8 Å². The van der Waals surface area contributed by atoms with Gasteiger partial charge in [-0.2, -0.15) is 0 Å². The number of halogens is 1. The molecule has 0 unspecified atom stereocenters. The standard InChI is InChI=1S/C16H16FN3O2/c17-13-3-1-2-4-14(13)19-7-9-20(10-8-19)16(22)12-5-6-18-15(21)11-12/h1-6,11H,7-10H2,(H,18,21). The van der Waals surface area contributed by atoms with E-state index in [1.54, 1.807) is 29.2 Å². The lowest BCUT2D eigenvalue weighted by atomic mass is 10.2. The summed E-state index contributed by atoms with van der Waals surface area (Å²) < 4.78 is 13.8. The Bertz CT molecular complexity index is 736. The molecule has 0 atom stereocenters. The summed E-state index contributed by atoms with van der Waals surface area (Å²) in [6.07, 6.45) is 1.46. The number of hydrogen-bond donors (Lipinski definition) is 1. The van der Waals surface area contributed by atoms with Crippen molar-refractivity contribution in [2.75, 3.05) is 31.1 Å². The monoisotopic (exact) mass is 301 g/mol. The van der Waals surface area contributed by atoms with Gasteiger partial charge in [-0.1, -0.05) is 12.1 Å². The van der Waals surface area contributed by atoms with Gasteiger partial charge in [-0.3, -0.25) is 9.59 Å². The van der Waals surface area contributed by atoms with Crippen LogP contribution in [0.25, 0.3) is 0 Å². The maximum atomic E-state index is 13.8. The van der Waals surface area contributed by atoms with Crippen LogP contribution >= 0.6 is 0 Å². The maximum absolute atomic E-state index is 13.8. The van der Waals surface area contributed by atoms with Gasteiger partial charge in [0.2, 0.25) is 5.56 Å². The molecule has 0 spiro atoms. The number of anilines is 1. The molecule has 0 saturated carbocycles. The van der Waals surface area contributed by atoms with Gasteiger partial charge in [0, 0.05) is 44.0 Å². The zero-order chi connectivity index (χ0) is 15.5. The number of para-hydroxylation sites is 1. The number of nitrogens with zero attached hydrogens (tertiary/aromatic N) is 2. The summed E-state index contributed by atoms with van der Waals surface area (Å²) in [6, 6.07) is 9.52. The smallest absolute Gasteiger partial charge is 0.254 e. The summed E-state index contributed by atoms with van der Waals surface area (Å²) in [5.41, 5.74) is 0.643. The third-order valence-corrected chi connectivity index (χ3v) is 3.78. The molecule has 1 aliphatic rings. The largest absolute Gasteiger partial charge is 0.366 e. The third-order valence-electron chi connectivity index (χ3n) is 3.78. The van der Waals surface area contributed by atoms with Crippen LogP contribution in [0.3, 0.4) is 0 Å². The minimum Gasteiger partial charge on any atom is -0.366 e. The minimum atomic E-state index is -0.296. The lowest BCUT2D eigenvalue weighted by Crippen LogP contribution is -2.49. The summed E-state index contributed by atoms with van der Waals surface area (Å²) in [6.45, 7) is 2.13. The number of piperazine rings is 1. The van der Waals surface area contributed by atoms with Crippen LogP contribution in [-0.2, 0) is 0 Å². The second-order valence-electron chi connectivity index (χ2n) is 5.17. The average molecular weight is 301 g/mol. The molecule has 114 valence electrons. The van der Waals surface area contributed by atoms with Crippen molar-refractivity contribution in [3.8, 4) is 0 Å². The van der Waals surface area contributed by atoms with E-state index in [1.165, 1.54) is 18.3 Å². The van der Waals surface area contributed by atoms with Crippen LogP contribution in [-0.4, -0.2) is 42.0 Å². The van der Waals surface area contributed by atoms with E-state index in [1.807, 2.05) is 4.90 Å². The van der Waals surface area contributed by atoms with Crippen molar-refractivity contribution >= 4 is 11.6 Å². The molecular formula is C16H16FN3O2. The highest BCUT2D eigenvalue weighted by Crippen LogP contribution is 2.20. The zero-order valence-electron chi connectivity index (χ0n) is 12.0. The van der Waals surface area contributed by atoms with Crippen LogP contribution in [0.1, 0.15) is 10.4 Å². The van der Waals surface area contributed by atoms with E-state index in [2.05, 4.69) is 4.98 Å². The molecule has 1 aromatic carbocycles. The molecule has 22 heavy (non-hydrogen) atoms. The average Bonchev–Trinajstić information content (AvgIpc) is 2.55. The molecule has 3 rings (SSSR count). The predicted molar refractivity (Wildman–Crippen MR) is 81.6 cm³/mol. The van der Waals surface area contributed by atoms with Crippen LogP contribution < -0.4 is 10.5 Å². The van der Waals surface area contributed by atoms with Crippen LogP contribution in [0, 0.1) is 5.82 Å². The van der Waals surface area contributed by atoms with Crippen molar-refractivity contribution in [1.82, 2.24) is 9.88 Å². The van der Waals surface area contributed by atoms with Crippen molar-refractivity contribution in [1.29, 1.82) is 0 Å². The zero-order valence-corrected chi connectivity index (χ0v) is 12.0. The Hall–Kier alpha value is -2.63. The molecule has 0 aliphatic carbocycles. The van der Waals surface area contributed by atoms with Gasteiger partial charge in [-0.15, -0.1) is 0 Å². The molecule has 1 amide bonds. The summed E-state index contributed by atoms with van der Waals surface area (Å²) in [7, 11) is 0. The topological polar surface area (TPSA) is 56.4 Å². The molecule has 0 radical (unpaired) electrons. The van der Waals surface area contributed by atoms with Crippen LogP contribution in [0.5, 0.6) is 0 Å². The normalized spacial score (nSPS) is 15.0. The lowest BCUT2D eigenvalue weighted by Gasteiger charge is -2.36. The van der Waals surface area contributed by atoms with Gasteiger partial charge in [0.1, 0.15) is 5.82 Å². The number of amides is 1. The Balaban J connectivity index is 1.68. The molecule has 0 bridgehead atoms. The van der Waals surface area contributed by atoms with Gasteiger partial charge in [0.05, 0.1) is 5.69 Å². The van der Waals surface area contributed by atoms with E-state index in [0.717, 1.165) is 0 Å². The fourth-order valence-electron chi connectivity index (χ4n) is 2.62. The Labute approximate surface area is 127 Å². The number of aromatic amines is 1. The van der Waals surface area contributed by atoms with E-state index >= 15 is 0 Å². The van der Waals surface area contributed by atoms with Crippen molar-refractivity contribution in [3.05, 3.63) is 64.3 Å². The highest BCUT2D eigenvalue weighted by Gasteiger charge is 2.23. The number of nitrogens with one attached hydrogen (secondary N) is 1. The van der Waals surface area contributed by atoms with Gasteiger partial charge in [0.15, 0.2) is 0 Å². The molecule has 1 fully saturated rings. The Morgan fingerprint density at radius 2 is 1.82 bits per heavy atom. The minimum absolute atomic E-state index is 0.167. The van der Waals surface area contributed by atoms with Crippen molar-refractivity contribution in [3.63, 3.8) is 0 Å². The molecule has 2 aromatic rings. The quantitative estimate of drug-likeness (QED) is 0.914. The van der Waals surface area contributed by atoms with Crippen molar-refractivity contribution in [2.24, 2.45) is 0 Å². The summed E-state index contributed by atoms with van der Waals surface area (Å²) in [4.78, 5) is 29.7. The van der Waals surface area contributed by atoms with E-state index in [0.29, 0.717) is 37.4 Å². The van der Waals surface area contributed by atoms with Crippen LogP contribution in [0.2, 0.25) is 0 Å². The fourth-order valence-corrected chi connectivity index (χ4v) is 2.62. The number of benzene rings is 1.